The van der Waals surface area contributed by atoms with E-state index in [1.807, 2.05) is 0 Å². The SMILES string of the molecule is O=[N+]([O-])c1c(Oc2ccccc2)ccc(S(=O)(=O)NCc2ccco2)c1Cl. The Morgan fingerprint density at radius 1 is 1.11 bits per heavy atom. The molecule has 0 saturated carbocycles. The van der Waals surface area contributed by atoms with Crippen LogP contribution in [-0.4, -0.2) is 13.3 Å². The molecule has 0 aliphatic carbocycles. The number of para-hydroxylation sites is 1. The highest BCUT2D eigenvalue weighted by Gasteiger charge is 2.29. The Bertz CT molecular complexity index is 1050. The molecule has 1 heterocycles. The average molecular weight is 409 g/mol. The smallest absolute Gasteiger partial charge is 0.331 e. The van der Waals surface area contributed by atoms with Gasteiger partial charge in [-0.15, -0.1) is 0 Å². The van der Waals surface area contributed by atoms with E-state index in [0.29, 0.717) is 11.5 Å². The molecule has 0 bridgehead atoms. The zero-order valence-corrected chi connectivity index (χ0v) is 15.2. The van der Waals surface area contributed by atoms with Crippen molar-refractivity contribution in [2.75, 3.05) is 0 Å². The van der Waals surface area contributed by atoms with Crippen LogP contribution < -0.4 is 9.46 Å². The van der Waals surface area contributed by atoms with E-state index in [-0.39, 0.29) is 12.3 Å². The normalized spacial score (nSPS) is 11.3. The fourth-order valence-corrected chi connectivity index (χ4v) is 3.86. The third-order valence-corrected chi connectivity index (χ3v) is 5.44. The van der Waals surface area contributed by atoms with E-state index in [1.54, 1.807) is 42.5 Å². The Labute approximate surface area is 159 Å². The molecule has 1 aromatic heterocycles. The summed E-state index contributed by atoms with van der Waals surface area (Å²) in [5.41, 5.74) is -0.638. The lowest BCUT2D eigenvalue weighted by molar-refractivity contribution is -0.385. The lowest BCUT2D eigenvalue weighted by Crippen LogP contribution is -2.23. The number of hydrogen-bond acceptors (Lipinski definition) is 6. The van der Waals surface area contributed by atoms with Gasteiger partial charge in [0.15, 0.2) is 0 Å². The Hall–Kier alpha value is -2.88. The zero-order chi connectivity index (χ0) is 19.4. The van der Waals surface area contributed by atoms with Crippen molar-refractivity contribution < 1.29 is 22.5 Å². The molecule has 1 N–H and O–H groups in total. The van der Waals surface area contributed by atoms with Crippen LogP contribution >= 0.6 is 11.6 Å². The van der Waals surface area contributed by atoms with Gasteiger partial charge in [0.25, 0.3) is 0 Å². The van der Waals surface area contributed by atoms with Gasteiger partial charge in [0.1, 0.15) is 21.4 Å². The summed E-state index contributed by atoms with van der Waals surface area (Å²) >= 11 is 6.06. The van der Waals surface area contributed by atoms with Crippen LogP contribution in [0.2, 0.25) is 5.02 Å². The number of benzene rings is 2. The second kappa shape index (κ2) is 7.78. The molecule has 3 aromatic rings. The first-order valence-electron chi connectivity index (χ1n) is 7.60. The molecule has 8 nitrogen and oxygen atoms in total. The topological polar surface area (TPSA) is 112 Å². The van der Waals surface area contributed by atoms with Crippen LogP contribution in [0.15, 0.2) is 70.2 Å². The summed E-state index contributed by atoms with van der Waals surface area (Å²) in [5, 5.41) is 10.9. The molecule has 0 atom stereocenters. The lowest BCUT2D eigenvalue weighted by atomic mass is 10.3. The van der Waals surface area contributed by atoms with Crippen LogP contribution in [0.4, 0.5) is 5.69 Å². The minimum absolute atomic E-state index is 0.123. The third-order valence-electron chi connectivity index (χ3n) is 3.50. The standard InChI is InChI=1S/C17H13ClN2O6S/c18-16-15(27(23,24)19-11-13-7-4-10-25-13)9-8-14(17(16)20(21)22)26-12-5-2-1-3-6-12/h1-10,19H,11H2. The van der Waals surface area contributed by atoms with E-state index >= 15 is 0 Å². The van der Waals surface area contributed by atoms with Gasteiger partial charge in [-0.2, -0.15) is 0 Å². The number of ether oxygens (including phenoxy) is 1. The maximum absolute atomic E-state index is 12.5. The van der Waals surface area contributed by atoms with Gasteiger partial charge in [0.05, 0.1) is 17.7 Å². The third kappa shape index (κ3) is 4.27. The highest BCUT2D eigenvalue weighted by atomic mass is 35.5. The van der Waals surface area contributed by atoms with Gasteiger partial charge in [-0.05, 0) is 36.4 Å². The van der Waals surface area contributed by atoms with Crippen molar-refractivity contribution in [3.8, 4) is 11.5 Å². The monoisotopic (exact) mass is 408 g/mol. The van der Waals surface area contributed by atoms with Crippen molar-refractivity contribution in [2.45, 2.75) is 11.4 Å². The Morgan fingerprint density at radius 3 is 2.48 bits per heavy atom. The molecule has 0 unspecified atom stereocenters. The quantitative estimate of drug-likeness (QED) is 0.465. The summed E-state index contributed by atoms with van der Waals surface area (Å²) in [6.45, 7) is -0.123. The summed E-state index contributed by atoms with van der Waals surface area (Å²) in [4.78, 5) is 10.3. The minimum Gasteiger partial charge on any atom is -0.468 e. The van der Waals surface area contributed by atoms with Crippen LogP contribution in [0.1, 0.15) is 5.76 Å². The summed E-state index contributed by atoms with van der Waals surface area (Å²) in [7, 11) is -4.11. The first-order chi connectivity index (χ1) is 12.9. The van der Waals surface area contributed by atoms with E-state index < -0.39 is 30.6 Å². The number of rotatable bonds is 7. The Balaban J connectivity index is 1.95. The molecular weight excluding hydrogens is 396 g/mol. The Kier molecular flexibility index (Phi) is 5.45. The summed E-state index contributed by atoms with van der Waals surface area (Å²) < 4.78 is 37.8. The number of nitro groups is 1. The van der Waals surface area contributed by atoms with Gasteiger partial charge in [-0.1, -0.05) is 29.8 Å². The van der Waals surface area contributed by atoms with Crippen LogP contribution in [0.25, 0.3) is 0 Å². The number of nitrogens with one attached hydrogen (secondary N) is 1. The van der Waals surface area contributed by atoms with Crippen molar-refractivity contribution in [1.82, 2.24) is 4.72 Å². The number of halogens is 1. The van der Waals surface area contributed by atoms with Crippen LogP contribution in [-0.2, 0) is 16.6 Å². The van der Waals surface area contributed by atoms with Gasteiger partial charge >= 0.3 is 5.69 Å². The molecular formula is C17H13ClN2O6S. The second-order valence-corrected chi connectivity index (χ2v) is 7.41. The number of nitro benzene ring substituents is 1. The average Bonchev–Trinajstić information content (AvgIpc) is 3.14. The van der Waals surface area contributed by atoms with Crippen molar-refractivity contribution >= 4 is 27.3 Å². The number of hydrogen-bond donors (Lipinski definition) is 1. The molecule has 0 aliphatic rings. The molecule has 10 heteroatoms. The number of sulfonamides is 1. The van der Waals surface area contributed by atoms with E-state index in [9.17, 15) is 18.5 Å². The van der Waals surface area contributed by atoms with E-state index in [2.05, 4.69) is 4.72 Å². The lowest BCUT2D eigenvalue weighted by Gasteiger charge is -2.11. The molecule has 27 heavy (non-hydrogen) atoms. The number of furan rings is 1. The predicted octanol–water partition coefficient (Wildman–Crippen LogP) is 4.11. The van der Waals surface area contributed by atoms with Gasteiger partial charge in [-0.3, -0.25) is 10.1 Å². The maximum Gasteiger partial charge on any atom is 0.331 e. The summed E-state index contributed by atoms with van der Waals surface area (Å²) in [6.07, 6.45) is 1.40. The second-order valence-electron chi connectivity index (χ2n) is 5.30. The van der Waals surface area contributed by atoms with Crippen molar-refractivity contribution in [3.05, 3.63) is 81.8 Å². The molecule has 0 fully saturated rings. The summed E-state index contributed by atoms with van der Waals surface area (Å²) in [6, 6.07) is 13.9. The predicted molar refractivity (Wildman–Crippen MR) is 97.4 cm³/mol. The van der Waals surface area contributed by atoms with Crippen LogP contribution in [0.3, 0.4) is 0 Å². The van der Waals surface area contributed by atoms with Gasteiger partial charge in [0, 0.05) is 0 Å². The fourth-order valence-electron chi connectivity index (χ4n) is 2.26. The molecule has 0 aliphatic heterocycles. The van der Waals surface area contributed by atoms with Crippen LogP contribution in [0, 0.1) is 10.1 Å². The van der Waals surface area contributed by atoms with E-state index in [1.165, 1.54) is 12.3 Å². The molecule has 0 spiro atoms. The fraction of sp³-hybridized carbons (Fsp3) is 0.0588. The van der Waals surface area contributed by atoms with Crippen LogP contribution in [0.5, 0.6) is 11.5 Å². The van der Waals surface area contributed by atoms with Crippen molar-refractivity contribution in [2.24, 2.45) is 0 Å². The molecule has 140 valence electrons. The highest BCUT2D eigenvalue weighted by Crippen LogP contribution is 2.40. The maximum atomic E-state index is 12.5. The Morgan fingerprint density at radius 2 is 1.85 bits per heavy atom. The first kappa shape index (κ1) is 18.9. The van der Waals surface area contributed by atoms with E-state index in [4.69, 9.17) is 20.8 Å². The largest absolute Gasteiger partial charge is 0.468 e. The molecule has 0 amide bonds. The summed E-state index contributed by atoms with van der Waals surface area (Å²) in [5.74, 6) is 0.567. The van der Waals surface area contributed by atoms with Gasteiger partial charge < -0.3 is 9.15 Å². The highest BCUT2D eigenvalue weighted by molar-refractivity contribution is 7.89. The molecule has 3 rings (SSSR count). The molecule has 0 radical (unpaired) electrons. The number of nitrogens with zero attached hydrogens (tertiary/aromatic N) is 1. The first-order valence-corrected chi connectivity index (χ1v) is 9.46. The van der Waals surface area contributed by atoms with Crippen molar-refractivity contribution in [1.29, 1.82) is 0 Å². The minimum atomic E-state index is -4.11. The molecule has 0 saturated heterocycles. The van der Waals surface area contributed by atoms with Gasteiger partial charge in [-0.25, -0.2) is 13.1 Å². The van der Waals surface area contributed by atoms with Gasteiger partial charge in [0.2, 0.25) is 15.8 Å². The van der Waals surface area contributed by atoms with Crippen molar-refractivity contribution in [3.63, 3.8) is 0 Å². The molecule has 2 aromatic carbocycles. The van der Waals surface area contributed by atoms with E-state index in [0.717, 1.165) is 6.07 Å². The zero-order valence-electron chi connectivity index (χ0n) is 13.7.